The van der Waals surface area contributed by atoms with Crippen LogP contribution in [0.4, 0.5) is 10.2 Å². The lowest BCUT2D eigenvalue weighted by atomic mass is 10.3. The molecule has 0 N–H and O–H groups in total. The Balaban J connectivity index is 1.91. The third-order valence-corrected chi connectivity index (χ3v) is 2.93. The van der Waals surface area contributed by atoms with Crippen LogP contribution in [0, 0.1) is 5.82 Å². The molecule has 0 saturated heterocycles. The van der Waals surface area contributed by atoms with Gasteiger partial charge in [0.25, 0.3) is 0 Å². The molecule has 7 heteroatoms. The standard InChI is InChI=1S/C10H9ClFN5/c11-7-3-8(12)10(13-4-7)16-1-2-17-6-14-15-9(17)5-16/h3-4,6H,1-2,5H2. The van der Waals surface area contributed by atoms with Crippen LogP contribution in [0.5, 0.6) is 0 Å². The lowest BCUT2D eigenvalue weighted by molar-refractivity contribution is 0.537. The molecular weight excluding hydrogens is 245 g/mol. The average Bonchev–Trinajstić information content (AvgIpc) is 2.75. The van der Waals surface area contributed by atoms with Gasteiger partial charge in [-0.25, -0.2) is 9.37 Å². The lowest BCUT2D eigenvalue weighted by Crippen LogP contribution is -2.34. The quantitative estimate of drug-likeness (QED) is 0.773. The smallest absolute Gasteiger partial charge is 0.167 e. The summed E-state index contributed by atoms with van der Waals surface area (Å²) in [6.07, 6.45) is 3.12. The van der Waals surface area contributed by atoms with Crippen LogP contribution in [0.25, 0.3) is 0 Å². The second kappa shape index (κ2) is 3.96. The highest BCUT2D eigenvalue weighted by molar-refractivity contribution is 6.30. The van der Waals surface area contributed by atoms with E-state index in [2.05, 4.69) is 15.2 Å². The number of pyridine rings is 1. The Bertz CT molecular complexity index is 555. The minimum absolute atomic E-state index is 0.298. The molecule has 0 unspecified atom stereocenters. The molecule has 0 atom stereocenters. The molecule has 0 aliphatic carbocycles. The zero-order valence-electron chi connectivity index (χ0n) is 8.85. The first-order valence-corrected chi connectivity index (χ1v) is 5.54. The van der Waals surface area contributed by atoms with Gasteiger partial charge in [0.1, 0.15) is 6.33 Å². The van der Waals surface area contributed by atoms with E-state index in [0.29, 0.717) is 23.9 Å². The molecule has 5 nitrogen and oxygen atoms in total. The molecule has 0 aromatic carbocycles. The summed E-state index contributed by atoms with van der Waals surface area (Å²) in [5.41, 5.74) is 0. The molecule has 2 aromatic heterocycles. The third-order valence-electron chi connectivity index (χ3n) is 2.73. The maximum absolute atomic E-state index is 13.7. The van der Waals surface area contributed by atoms with Gasteiger partial charge in [0.05, 0.1) is 11.6 Å². The molecule has 0 radical (unpaired) electrons. The van der Waals surface area contributed by atoms with E-state index in [-0.39, 0.29) is 0 Å². The van der Waals surface area contributed by atoms with Gasteiger partial charge >= 0.3 is 0 Å². The molecule has 3 rings (SSSR count). The van der Waals surface area contributed by atoms with E-state index in [1.807, 2.05) is 9.47 Å². The summed E-state index contributed by atoms with van der Waals surface area (Å²) in [4.78, 5) is 5.85. The van der Waals surface area contributed by atoms with E-state index in [1.54, 1.807) is 6.33 Å². The summed E-state index contributed by atoms with van der Waals surface area (Å²) >= 11 is 5.67. The number of halogens is 2. The molecule has 2 aromatic rings. The topological polar surface area (TPSA) is 46.8 Å². The Hall–Kier alpha value is -1.69. The lowest BCUT2D eigenvalue weighted by Gasteiger charge is -2.28. The van der Waals surface area contributed by atoms with Crippen LogP contribution in [-0.4, -0.2) is 26.3 Å². The van der Waals surface area contributed by atoms with Gasteiger partial charge in [-0.05, 0) is 6.07 Å². The van der Waals surface area contributed by atoms with Crippen molar-refractivity contribution in [3.05, 3.63) is 35.3 Å². The Kier molecular flexibility index (Phi) is 2.44. The van der Waals surface area contributed by atoms with Gasteiger partial charge in [0, 0.05) is 19.3 Å². The number of rotatable bonds is 1. The van der Waals surface area contributed by atoms with Crippen molar-refractivity contribution in [3.63, 3.8) is 0 Å². The number of fused-ring (bicyclic) bond motifs is 1. The summed E-state index contributed by atoms with van der Waals surface area (Å²) in [6.45, 7) is 1.91. The van der Waals surface area contributed by atoms with Crippen molar-refractivity contribution in [2.24, 2.45) is 0 Å². The molecule has 0 bridgehead atoms. The van der Waals surface area contributed by atoms with Gasteiger partial charge in [-0.2, -0.15) is 0 Å². The van der Waals surface area contributed by atoms with Crippen molar-refractivity contribution in [3.8, 4) is 0 Å². The van der Waals surface area contributed by atoms with E-state index in [1.165, 1.54) is 12.3 Å². The van der Waals surface area contributed by atoms with E-state index >= 15 is 0 Å². The maximum Gasteiger partial charge on any atom is 0.167 e. The number of aromatic nitrogens is 4. The van der Waals surface area contributed by atoms with Crippen molar-refractivity contribution >= 4 is 17.4 Å². The second-order valence-corrected chi connectivity index (χ2v) is 4.26. The third kappa shape index (κ3) is 1.84. The van der Waals surface area contributed by atoms with Crippen LogP contribution >= 0.6 is 11.6 Å². The van der Waals surface area contributed by atoms with Crippen LogP contribution < -0.4 is 4.90 Å². The molecule has 88 valence electrons. The minimum atomic E-state index is -0.412. The largest absolute Gasteiger partial charge is 0.345 e. The van der Waals surface area contributed by atoms with Crippen LogP contribution in [0.3, 0.4) is 0 Å². The molecule has 0 amide bonds. The molecule has 17 heavy (non-hydrogen) atoms. The highest BCUT2D eigenvalue weighted by Gasteiger charge is 2.21. The number of nitrogens with zero attached hydrogens (tertiary/aromatic N) is 5. The Morgan fingerprint density at radius 3 is 3.06 bits per heavy atom. The zero-order chi connectivity index (χ0) is 11.8. The van der Waals surface area contributed by atoms with Crippen LogP contribution in [0.15, 0.2) is 18.6 Å². The summed E-state index contributed by atoms with van der Waals surface area (Å²) in [5.74, 6) is 0.710. The first-order valence-electron chi connectivity index (χ1n) is 5.17. The number of hydrogen-bond acceptors (Lipinski definition) is 4. The molecule has 0 fully saturated rings. The minimum Gasteiger partial charge on any atom is -0.345 e. The molecule has 1 aliphatic rings. The molecule has 3 heterocycles. The summed E-state index contributed by atoms with van der Waals surface area (Å²) in [5, 5.41) is 8.09. The van der Waals surface area contributed by atoms with Gasteiger partial charge in [0.2, 0.25) is 0 Å². The van der Waals surface area contributed by atoms with Crippen molar-refractivity contribution in [2.75, 3.05) is 11.4 Å². The van der Waals surface area contributed by atoms with Gasteiger partial charge in [-0.15, -0.1) is 10.2 Å². The first kappa shape index (κ1) is 10.5. The molecule has 0 saturated carbocycles. The van der Waals surface area contributed by atoms with Crippen molar-refractivity contribution < 1.29 is 4.39 Å². The number of hydrogen-bond donors (Lipinski definition) is 0. The van der Waals surface area contributed by atoms with E-state index < -0.39 is 5.82 Å². The van der Waals surface area contributed by atoms with Gasteiger partial charge < -0.3 is 9.47 Å². The van der Waals surface area contributed by atoms with Gasteiger partial charge in [0.15, 0.2) is 17.5 Å². The van der Waals surface area contributed by atoms with E-state index in [9.17, 15) is 4.39 Å². The first-order chi connectivity index (χ1) is 8.24. The average molecular weight is 254 g/mol. The van der Waals surface area contributed by atoms with Crippen LogP contribution in [0.2, 0.25) is 5.02 Å². The molecule has 0 spiro atoms. The van der Waals surface area contributed by atoms with Crippen molar-refractivity contribution in [2.45, 2.75) is 13.1 Å². The monoisotopic (exact) mass is 253 g/mol. The predicted octanol–water partition coefficient (Wildman–Crippen LogP) is 1.49. The fraction of sp³-hybridized carbons (Fsp3) is 0.300. The Morgan fingerprint density at radius 2 is 2.24 bits per heavy atom. The second-order valence-electron chi connectivity index (χ2n) is 3.82. The summed E-state index contributed by atoms with van der Waals surface area (Å²) in [6, 6.07) is 1.27. The highest BCUT2D eigenvalue weighted by atomic mass is 35.5. The zero-order valence-corrected chi connectivity index (χ0v) is 9.60. The normalized spacial score (nSPS) is 14.8. The van der Waals surface area contributed by atoms with Crippen molar-refractivity contribution in [1.82, 2.24) is 19.7 Å². The number of anilines is 1. The van der Waals surface area contributed by atoms with Crippen LogP contribution in [0.1, 0.15) is 5.82 Å². The molecule has 1 aliphatic heterocycles. The maximum atomic E-state index is 13.7. The predicted molar refractivity (Wildman–Crippen MR) is 60.3 cm³/mol. The van der Waals surface area contributed by atoms with E-state index in [0.717, 1.165) is 12.4 Å². The summed E-state index contributed by atoms with van der Waals surface area (Å²) < 4.78 is 15.7. The van der Waals surface area contributed by atoms with Crippen LogP contribution in [-0.2, 0) is 13.1 Å². The van der Waals surface area contributed by atoms with E-state index in [4.69, 9.17) is 11.6 Å². The summed E-state index contributed by atoms with van der Waals surface area (Å²) in [7, 11) is 0. The highest BCUT2D eigenvalue weighted by Crippen LogP contribution is 2.22. The fourth-order valence-electron chi connectivity index (χ4n) is 1.89. The Labute approximate surface area is 102 Å². The van der Waals surface area contributed by atoms with Gasteiger partial charge in [-0.1, -0.05) is 11.6 Å². The fourth-order valence-corrected chi connectivity index (χ4v) is 2.03. The molecular formula is C10H9ClFN5. The Morgan fingerprint density at radius 1 is 1.35 bits per heavy atom. The SMILES string of the molecule is Fc1cc(Cl)cnc1N1CCn2cnnc2C1. The van der Waals surface area contributed by atoms with Gasteiger partial charge in [-0.3, -0.25) is 0 Å². The van der Waals surface area contributed by atoms with Crippen molar-refractivity contribution in [1.29, 1.82) is 0 Å².